The zero-order valence-corrected chi connectivity index (χ0v) is 11.7. The normalized spacial score (nSPS) is 25.8. The van der Waals surface area contributed by atoms with Crippen LogP contribution in [-0.4, -0.2) is 51.0 Å². The molecule has 0 aromatic rings. The summed E-state index contributed by atoms with van der Waals surface area (Å²) in [6, 6.07) is 0.633. The van der Waals surface area contributed by atoms with E-state index in [4.69, 9.17) is 9.47 Å². The molecular formula is C14H26N2O3. The maximum atomic E-state index is 11.8. The molecule has 110 valence electrons. The Balaban J connectivity index is 1.54. The molecule has 5 heteroatoms. The van der Waals surface area contributed by atoms with E-state index in [0.29, 0.717) is 32.4 Å². The van der Waals surface area contributed by atoms with E-state index in [2.05, 4.69) is 10.6 Å². The van der Waals surface area contributed by atoms with E-state index in [9.17, 15) is 4.79 Å². The maximum Gasteiger partial charge on any atom is 0.251 e. The standard InChI is InChI=1S/C14H26N2O3/c17-14(13-11-18-9-10-19-13)16-8-7-15-12-5-3-1-2-4-6-12/h12-13,15H,1-11H2,(H,16,17). The number of carbonyl (C=O) groups is 1. The Morgan fingerprint density at radius 3 is 2.53 bits per heavy atom. The fourth-order valence-electron chi connectivity index (χ4n) is 2.70. The molecule has 19 heavy (non-hydrogen) atoms. The van der Waals surface area contributed by atoms with Crippen LogP contribution in [0.3, 0.4) is 0 Å². The number of hydrogen-bond donors (Lipinski definition) is 2. The number of rotatable bonds is 5. The first kappa shape index (κ1) is 14.8. The zero-order chi connectivity index (χ0) is 13.3. The summed E-state index contributed by atoms with van der Waals surface area (Å²) in [5.41, 5.74) is 0. The summed E-state index contributed by atoms with van der Waals surface area (Å²) >= 11 is 0. The van der Waals surface area contributed by atoms with E-state index in [1.54, 1.807) is 0 Å². The Morgan fingerprint density at radius 1 is 1.05 bits per heavy atom. The van der Waals surface area contributed by atoms with Gasteiger partial charge in [-0.3, -0.25) is 4.79 Å². The quantitative estimate of drug-likeness (QED) is 0.574. The maximum absolute atomic E-state index is 11.8. The summed E-state index contributed by atoms with van der Waals surface area (Å²) in [5, 5.41) is 6.43. The molecule has 1 unspecified atom stereocenters. The SMILES string of the molecule is O=C(NCCNC1CCCCCC1)C1COCCO1. The fraction of sp³-hybridized carbons (Fsp3) is 0.929. The van der Waals surface area contributed by atoms with Gasteiger partial charge in [-0.05, 0) is 12.8 Å². The van der Waals surface area contributed by atoms with Crippen molar-refractivity contribution in [3.63, 3.8) is 0 Å². The Bertz CT molecular complexity index is 259. The lowest BCUT2D eigenvalue weighted by atomic mass is 10.1. The van der Waals surface area contributed by atoms with Gasteiger partial charge >= 0.3 is 0 Å². The van der Waals surface area contributed by atoms with Crippen molar-refractivity contribution in [1.29, 1.82) is 0 Å². The van der Waals surface area contributed by atoms with Crippen LogP contribution in [0.5, 0.6) is 0 Å². The Morgan fingerprint density at radius 2 is 1.84 bits per heavy atom. The highest BCUT2D eigenvalue weighted by atomic mass is 16.6. The number of carbonyl (C=O) groups excluding carboxylic acids is 1. The van der Waals surface area contributed by atoms with Crippen LogP contribution in [0.2, 0.25) is 0 Å². The van der Waals surface area contributed by atoms with E-state index in [1.807, 2.05) is 0 Å². The lowest BCUT2D eigenvalue weighted by molar-refractivity contribution is -0.147. The Labute approximate surface area is 115 Å². The van der Waals surface area contributed by atoms with Crippen molar-refractivity contribution >= 4 is 5.91 Å². The molecule has 0 spiro atoms. The van der Waals surface area contributed by atoms with Crippen molar-refractivity contribution in [1.82, 2.24) is 10.6 Å². The summed E-state index contributed by atoms with van der Waals surface area (Å²) in [5.74, 6) is -0.0534. The minimum Gasteiger partial charge on any atom is -0.376 e. The largest absolute Gasteiger partial charge is 0.376 e. The highest BCUT2D eigenvalue weighted by molar-refractivity contribution is 5.80. The molecule has 2 fully saturated rings. The van der Waals surface area contributed by atoms with E-state index >= 15 is 0 Å². The monoisotopic (exact) mass is 270 g/mol. The number of nitrogens with one attached hydrogen (secondary N) is 2. The van der Waals surface area contributed by atoms with Gasteiger partial charge in [0.1, 0.15) is 0 Å². The molecule has 0 aromatic carbocycles. The fourth-order valence-corrected chi connectivity index (χ4v) is 2.70. The van der Waals surface area contributed by atoms with Crippen LogP contribution in [-0.2, 0) is 14.3 Å². The molecule has 0 bridgehead atoms. The van der Waals surface area contributed by atoms with Crippen molar-refractivity contribution in [2.24, 2.45) is 0 Å². The smallest absolute Gasteiger partial charge is 0.251 e. The van der Waals surface area contributed by atoms with Crippen LogP contribution < -0.4 is 10.6 Å². The van der Waals surface area contributed by atoms with Crippen LogP contribution in [0.4, 0.5) is 0 Å². The van der Waals surface area contributed by atoms with E-state index in [-0.39, 0.29) is 5.91 Å². The second-order valence-electron chi connectivity index (χ2n) is 5.37. The van der Waals surface area contributed by atoms with Crippen LogP contribution in [0.1, 0.15) is 38.5 Å². The predicted molar refractivity (Wildman–Crippen MR) is 73.1 cm³/mol. The highest BCUT2D eigenvalue weighted by Crippen LogP contribution is 2.16. The van der Waals surface area contributed by atoms with Gasteiger partial charge in [0.05, 0.1) is 19.8 Å². The van der Waals surface area contributed by atoms with E-state index in [1.165, 1.54) is 38.5 Å². The first-order valence-corrected chi connectivity index (χ1v) is 7.57. The molecule has 0 aromatic heterocycles. The molecule has 2 N–H and O–H groups in total. The average Bonchev–Trinajstić information content (AvgIpc) is 2.73. The molecule has 1 heterocycles. The molecule has 2 aliphatic rings. The molecule has 0 radical (unpaired) electrons. The van der Waals surface area contributed by atoms with Crippen LogP contribution in [0, 0.1) is 0 Å². The van der Waals surface area contributed by atoms with Gasteiger partial charge in [-0.2, -0.15) is 0 Å². The van der Waals surface area contributed by atoms with Crippen molar-refractivity contribution in [2.75, 3.05) is 32.9 Å². The van der Waals surface area contributed by atoms with Crippen LogP contribution in [0.15, 0.2) is 0 Å². The first-order chi connectivity index (χ1) is 9.36. The number of ether oxygens (including phenoxy) is 2. The van der Waals surface area contributed by atoms with E-state index < -0.39 is 6.10 Å². The molecule has 1 saturated heterocycles. The zero-order valence-electron chi connectivity index (χ0n) is 11.7. The topological polar surface area (TPSA) is 59.6 Å². The van der Waals surface area contributed by atoms with Gasteiger partial charge in [0, 0.05) is 19.1 Å². The molecule has 1 saturated carbocycles. The third-order valence-electron chi connectivity index (χ3n) is 3.82. The molecule has 2 rings (SSSR count). The van der Waals surface area contributed by atoms with Crippen LogP contribution in [0.25, 0.3) is 0 Å². The molecule has 1 atom stereocenters. The number of amides is 1. The molecule has 1 aliphatic carbocycles. The third-order valence-corrected chi connectivity index (χ3v) is 3.82. The van der Waals surface area contributed by atoms with Gasteiger partial charge < -0.3 is 20.1 Å². The summed E-state index contributed by atoms with van der Waals surface area (Å²) in [6.45, 7) is 2.98. The van der Waals surface area contributed by atoms with Gasteiger partial charge in [-0.25, -0.2) is 0 Å². The summed E-state index contributed by atoms with van der Waals surface area (Å²) in [6.07, 6.45) is 7.52. The second-order valence-corrected chi connectivity index (χ2v) is 5.37. The highest BCUT2D eigenvalue weighted by Gasteiger charge is 2.22. The molecule has 1 amide bonds. The molecular weight excluding hydrogens is 244 g/mol. The van der Waals surface area contributed by atoms with Crippen molar-refractivity contribution in [2.45, 2.75) is 50.7 Å². The van der Waals surface area contributed by atoms with Gasteiger partial charge in [0.25, 0.3) is 5.91 Å². The lowest BCUT2D eigenvalue weighted by Gasteiger charge is -2.22. The van der Waals surface area contributed by atoms with Gasteiger partial charge in [0.2, 0.25) is 0 Å². The van der Waals surface area contributed by atoms with E-state index in [0.717, 1.165) is 6.54 Å². The van der Waals surface area contributed by atoms with Gasteiger partial charge in [0.15, 0.2) is 6.10 Å². The third kappa shape index (κ3) is 5.47. The summed E-state index contributed by atoms with van der Waals surface area (Å²) in [7, 11) is 0. The van der Waals surface area contributed by atoms with Crippen molar-refractivity contribution in [3.8, 4) is 0 Å². The van der Waals surface area contributed by atoms with Crippen LogP contribution >= 0.6 is 0 Å². The lowest BCUT2D eigenvalue weighted by Crippen LogP contribution is -2.45. The van der Waals surface area contributed by atoms with Crippen molar-refractivity contribution in [3.05, 3.63) is 0 Å². The Kier molecular flexibility index (Phi) is 6.61. The average molecular weight is 270 g/mol. The Hall–Kier alpha value is -0.650. The second kappa shape index (κ2) is 8.51. The van der Waals surface area contributed by atoms with Gasteiger partial charge in [-0.1, -0.05) is 25.7 Å². The minimum absolute atomic E-state index is 0.0534. The number of hydrogen-bond acceptors (Lipinski definition) is 4. The minimum atomic E-state index is -0.424. The molecule has 1 aliphatic heterocycles. The molecule has 5 nitrogen and oxygen atoms in total. The summed E-state index contributed by atoms with van der Waals surface area (Å²) < 4.78 is 10.6. The predicted octanol–water partition coefficient (Wildman–Crippen LogP) is 0.830. The van der Waals surface area contributed by atoms with Gasteiger partial charge in [-0.15, -0.1) is 0 Å². The first-order valence-electron chi connectivity index (χ1n) is 7.57. The summed E-state index contributed by atoms with van der Waals surface area (Å²) in [4.78, 5) is 11.8. The van der Waals surface area contributed by atoms with Crippen molar-refractivity contribution < 1.29 is 14.3 Å².